The molecule has 0 amide bonds. The van der Waals surface area contributed by atoms with Crippen molar-refractivity contribution in [3.63, 3.8) is 0 Å². The standard InChI is InChI=1S/C16H24N2O2/c1-4-9-18-15-8-6-5-7-14(15)17-16(18)10-13(19)11-20-12(2)3/h5-8,12-13,19H,4,9-11H2,1-3H3. The summed E-state index contributed by atoms with van der Waals surface area (Å²) in [5.41, 5.74) is 2.13. The lowest BCUT2D eigenvalue weighted by molar-refractivity contribution is 0.00523. The third kappa shape index (κ3) is 3.58. The number of benzene rings is 1. The lowest BCUT2D eigenvalue weighted by atomic mass is 10.2. The van der Waals surface area contributed by atoms with Crippen LogP contribution in [0.5, 0.6) is 0 Å². The van der Waals surface area contributed by atoms with Gasteiger partial charge in [-0.1, -0.05) is 19.1 Å². The summed E-state index contributed by atoms with van der Waals surface area (Å²) in [6.45, 7) is 7.37. The normalized spacial score (nSPS) is 13.2. The average molecular weight is 276 g/mol. The lowest BCUT2D eigenvalue weighted by Crippen LogP contribution is -2.22. The predicted octanol–water partition coefficient (Wildman–Crippen LogP) is 2.77. The summed E-state index contributed by atoms with van der Waals surface area (Å²) in [4.78, 5) is 4.65. The van der Waals surface area contributed by atoms with Crippen LogP contribution in [-0.2, 0) is 17.7 Å². The fraction of sp³-hybridized carbons (Fsp3) is 0.562. The number of ether oxygens (including phenoxy) is 1. The Morgan fingerprint density at radius 2 is 2.05 bits per heavy atom. The van der Waals surface area contributed by atoms with Gasteiger partial charge in [-0.15, -0.1) is 0 Å². The molecule has 20 heavy (non-hydrogen) atoms. The molecule has 1 unspecified atom stereocenters. The molecule has 4 heteroatoms. The van der Waals surface area contributed by atoms with Crippen LogP contribution in [0.3, 0.4) is 0 Å². The second-order valence-corrected chi connectivity index (χ2v) is 5.41. The molecule has 1 aromatic carbocycles. The van der Waals surface area contributed by atoms with Crippen LogP contribution in [0.15, 0.2) is 24.3 Å². The number of hydrogen-bond acceptors (Lipinski definition) is 3. The Balaban J connectivity index is 2.17. The van der Waals surface area contributed by atoms with Crippen molar-refractivity contribution in [3.05, 3.63) is 30.1 Å². The number of imidazole rings is 1. The van der Waals surface area contributed by atoms with Crippen LogP contribution in [0, 0.1) is 0 Å². The topological polar surface area (TPSA) is 47.3 Å². The zero-order chi connectivity index (χ0) is 14.5. The van der Waals surface area contributed by atoms with Crippen molar-refractivity contribution in [1.29, 1.82) is 0 Å². The Labute approximate surface area is 120 Å². The van der Waals surface area contributed by atoms with Gasteiger partial charge in [0.2, 0.25) is 0 Å². The largest absolute Gasteiger partial charge is 0.390 e. The van der Waals surface area contributed by atoms with E-state index in [1.165, 1.54) is 0 Å². The summed E-state index contributed by atoms with van der Waals surface area (Å²) in [7, 11) is 0. The first-order chi connectivity index (χ1) is 9.61. The summed E-state index contributed by atoms with van der Waals surface area (Å²) in [6, 6.07) is 8.12. The summed E-state index contributed by atoms with van der Waals surface area (Å²) >= 11 is 0. The highest BCUT2D eigenvalue weighted by Crippen LogP contribution is 2.17. The molecule has 0 saturated heterocycles. The molecule has 110 valence electrons. The first kappa shape index (κ1) is 15.0. The van der Waals surface area contributed by atoms with E-state index in [1.807, 2.05) is 32.0 Å². The van der Waals surface area contributed by atoms with Crippen LogP contribution in [0.1, 0.15) is 33.0 Å². The maximum atomic E-state index is 10.1. The fourth-order valence-corrected chi connectivity index (χ4v) is 2.33. The Kier molecular flexibility index (Phi) is 5.15. The van der Waals surface area contributed by atoms with E-state index in [4.69, 9.17) is 4.74 Å². The third-order valence-corrected chi connectivity index (χ3v) is 3.22. The molecule has 1 aromatic heterocycles. The Bertz CT molecular complexity index is 548. The maximum Gasteiger partial charge on any atom is 0.112 e. The lowest BCUT2D eigenvalue weighted by Gasteiger charge is -2.14. The van der Waals surface area contributed by atoms with E-state index >= 15 is 0 Å². The van der Waals surface area contributed by atoms with E-state index in [2.05, 4.69) is 22.5 Å². The van der Waals surface area contributed by atoms with Crippen molar-refractivity contribution in [1.82, 2.24) is 9.55 Å². The van der Waals surface area contributed by atoms with Gasteiger partial charge in [-0.3, -0.25) is 0 Å². The van der Waals surface area contributed by atoms with Crippen molar-refractivity contribution < 1.29 is 9.84 Å². The summed E-state index contributed by atoms with van der Waals surface area (Å²) < 4.78 is 7.67. The Morgan fingerprint density at radius 1 is 1.30 bits per heavy atom. The number of rotatable bonds is 7. The highest BCUT2D eigenvalue weighted by molar-refractivity contribution is 5.75. The van der Waals surface area contributed by atoms with Gasteiger partial charge in [0, 0.05) is 13.0 Å². The third-order valence-electron chi connectivity index (χ3n) is 3.22. The van der Waals surface area contributed by atoms with Gasteiger partial charge in [0.05, 0.1) is 29.8 Å². The molecule has 0 radical (unpaired) electrons. The highest BCUT2D eigenvalue weighted by atomic mass is 16.5. The van der Waals surface area contributed by atoms with Crippen LogP contribution in [0.25, 0.3) is 11.0 Å². The first-order valence-electron chi connectivity index (χ1n) is 7.35. The second-order valence-electron chi connectivity index (χ2n) is 5.41. The number of nitrogens with zero attached hydrogens (tertiary/aromatic N) is 2. The molecule has 1 heterocycles. The average Bonchev–Trinajstić information content (AvgIpc) is 2.75. The minimum absolute atomic E-state index is 0.138. The number of fused-ring (bicyclic) bond motifs is 1. The quantitative estimate of drug-likeness (QED) is 0.846. The van der Waals surface area contributed by atoms with Gasteiger partial charge in [-0.05, 0) is 32.4 Å². The highest BCUT2D eigenvalue weighted by Gasteiger charge is 2.14. The van der Waals surface area contributed by atoms with E-state index in [9.17, 15) is 5.11 Å². The fourth-order valence-electron chi connectivity index (χ4n) is 2.33. The van der Waals surface area contributed by atoms with Crippen LogP contribution in [0.2, 0.25) is 0 Å². The molecule has 2 aromatic rings. The SMILES string of the molecule is CCCn1c(CC(O)COC(C)C)nc2ccccc21. The van der Waals surface area contributed by atoms with Crippen LogP contribution in [0.4, 0.5) is 0 Å². The van der Waals surface area contributed by atoms with Crippen molar-refractivity contribution >= 4 is 11.0 Å². The van der Waals surface area contributed by atoms with Gasteiger partial charge in [0.15, 0.2) is 0 Å². The molecule has 0 aliphatic heterocycles. The van der Waals surface area contributed by atoms with E-state index in [0.29, 0.717) is 13.0 Å². The second kappa shape index (κ2) is 6.86. The van der Waals surface area contributed by atoms with Gasteiger partial charge in [-0.2, -0.15) is 0 Å². The molecular weight excluding hydrogens is 252 g/mol. The number of aliphatic hydroxyl groups is 1. The van der Waals surface area contributed by atoms with E-state index in [1.54, 1.807) is 0 Å². The Hall–Kier alpha value is -1.39. The van der Waals surface area contributed by atoms with Gasteiger partial charge in [0.1, 0.15) is 5.82 Å². The molecule has 0 spiro atoms. The van der Waals surface area contributed by atoms with Crippen molar-refractivity contribution in [3.8, 4) is 0 Å². The van der Waals surface area contributed by atoms with E-state index in [0.717, 1.165) is 29.8 Å². The van der Waals surface area contributed by atoms with Gasteiger partial charge < -0.3 is 14.4 Å². The summed E-state index contributed by atoms with van der Waals surface area (Å²) in [5.74, 6) is 0.938. The number of para-hydroxylation sites is 2. The Morgan fingerprint density at radius 3 is 2.75 bits per heavy atom. The van der Waals surface area contributed by atoms with E-state index < -0.39 is 6.10 Å². The van der Waals surface area contributed by atoms with Gasteiger partial charge in [-0.25, -0.2) is 4.98 Å². The van der Waals surface area contributed by atoms with Crippen LogP contribution < -0.4 is 0 Å². The molecule has 0 fully saturated rings. The van der Waals surface area contributed by atoms with Crippen LogP contribution >= 0.6 is 0 Å². The maximum absolute atomic E-state index is 10.1. The first-order valence-corrected chi connectivity index (χ1v) is 7.35. The van der Waals surface area contributed by atoms with Gasteiger partial charge >= 0.3 is 0 Å². The monoisotopic (exact) mass is 276 g/mol. The molecule has 0 saturated carbocycles. The minimum atomic E-state index is -0.509. The molecule has 2 rings (SSSR count). The van der Waals surface area contributed by atoms with Gasteiger partial charge in [0.25, 0.3) is 0 Å². The van der Waals surface area contributed by atoms with E-state index in [-0.39, 0.29) is 6.10 Å². The number of aryl methyl sites for hydroxylation is 1. The molecule has 0 aliphatic carbocycles. The zero-order valence-electron chi connectivity index (χ0n) is 12.5. The van der Waals surface area contributed by atoms with Crippen molar-refractivity contribution in [2.75, 3.05) is 6.61 Å². The van der Waals surface area contributed by atoms with Crippen molar-refractivity contribution in [2.24, 2.45) is 0 Å². The summed E-state index contributed by atoms with van der Waals surface area (Å²) in [5, 5.41) is 10.1. The molecule has 0 bridgehead atoms. The number of aromatic nitrogens is 2. The summed E-state index contributed by atoms with van der Waals surface area (Å²) in [6.07, 6.45) is 1.21. The zero-order valence-corrected chi connectivity index (χ0v) is 12.5. The number of hydrogen-bond donors (Lipinski definition) is 1. The minimum Gasteiger partial charge on any atom is -0.390 e. The molecule has 1 N–H and O–H groups in total. The predicted molar refractivity (Wildman–Crippen MR) is 80.8 cm³/mol. The smallest absolute Gasteiger partial charge is 0.112 e. The molecule has 4 nitrogen and oxygen atoms in total. The van der Waals surface area contributed by atoms with Crippen molar-refractivity contribution in [2.45, 2.75) is 52.4 Å². The number of aliphatic hydroxyl groups excluding tert-OH is 1. The molecule has 1 atom stereocenters. The van der Waals surface area contributed by atoms with Crippen LogP contribution in [-0.4, -0.2) is 33.5 Å². The molecular formula is C16H24N2O2. The molecule has 0 aliphatic rings.